The molecule has 0 aliphatic carbocycles. The number of aryl methyl sites for hydroxylation is 1. The lowest BCUT2D eigenvalue weighted by Gasteiger charge is -1.87. The van der Waals surface area contributed by atoms with E-state index in [1.54, 1.807) is 0 Å². The molecule has 0 fully saturated rings. The van der Waals surface area contributed by atoms with E-state index in [9.17, 15) is 0 Å². The van der Waals surface area contributed by atoms with Crippen LogP contribution in [0.1, 0.15) is 44.0 Å². The van der Waals surface area contributed by atoms with E-state index >= 15 is 0 Å². The van der Waals surface area contributed by atoms with Gasteiger partial charge in [-0.25, -0.2) is 0 Å². The monoisotopic (exact) mass is 202 g/mol. The summed E-state index contributed by atoms with van der Waals surface area (Å²) >= 11 is 0. The summed E-state index contributed by atoms with van der Waals surface area (Å²) in [6.07, 6.45) is 8.52. The number of nitrogens with one attached hydrogen (secondary N) is 1. The fourth-order valence-electron chi connectivity index (χ4n) is 1.25. The second-order valence-electron chi connectivity index (χ2n) is 3.59. The fraction of sp³-hybridized carbons (Fsp3) is 0.462. The maximum Gasteiger partial charge on any atom is 0.0857 e. The third-order valence-electron chi connectivity index (χ3n) is 2.07. The van der Waals surface area contributed by atoms with Gasteiger partial charge in [-0.15, -0.1) is 0 Å². The number of H-pyrrole nitrogens is 1. The summed E-state index contributed by atoms with van der Waals surface area (Å²) in [5.41, 5.74) is 2.01. The molecule has 1 aromatic rings. The van der Waals surface area contributed by atoms with Gasteiger partial charge in [-0.3, -0.25) is 5.10 Å². The van der Waals surface area contributed by atoms with Gasteiger partial charge in [0, 0.05) is 12.1 Å². The molecule has 0 radical (unpaired) electrons. The predicted octanol–water partition coefficient (Wildman–Crippen LogP) is 3.32. The first-order valence-corrected chi connectivity index (χ1v) is 5.50. The Morgan fingerprint density at radius 1 is 1.47 bits per heavy atom. The van der Waals surface area contributed by atoms with E-state index in [-0.39, 0.29) is 0 Å². The highest BCUT2D eigenvalue weighted by Gasteiger charge is 1.89. The van der Waals surface area contributed by atoms with E-state index in [1.807, 2.05) is 25.1 Å². The van der Waals surface area contributed by atoms with Crippen LogP contribution in [0.25, 0.3) is 6.08 Å². The van der Waals surface area contributed by atoms with Crippen LogP contribution in [-0.4, -0.2) is 10.2 Å². The molecule has 0 aromatic carbocycles. The third-order valence-corrected chi connectivity index (χ3v) is 2.07. The topological polar surface area (TPSA) is 28.7 Å². The van der Waals surface area contributed by atoms with Crippen LogP contribution in [0, 0.1) is 18.8 Å². The third kappa shape index (κ3) is 5.07. The van der Waals surface area contributed by atoms with Gasteiger partial charge in [0.15, 0.2) is 0 Å². The summed E-state index contributed by atoms with van der Waals surface area (Å²) in [6, 6.07) is 2.00. The number of aromatic nitrogens is 2. The molecule has 1 rings (SSSR count). The van der Waals surface area contributed by atoms with Crippen molar-refractivity contribution in [2.24, 2.45) is 0 Å². The van der Waals surface area contributed by atoms with Crippen LogP contribution in [0.3, 0.4) is 0 Å². The lowest BCUT2D eigenvalue weighted by molar-refractivity contribution is 0.737. The maximum atomic E-state index is 4.08. The highest BCUT2D eigenvalue weighted by atomic mass is 15.1. The van der Waals surface area contributed by atoms with Crippen LogP contribution < -0.4 is 0 Å². The number of nitrogens with zero attached hydrogens (tertiary/aromatic N) is 1. The van der Waals surface area contributed by atoms with Gasteiger partial charge in [0.1, 0.15) is 0 Å². The minimum absolute atomic E-state index is 0.940. The SMILES string of the molecule is CCCCCC#C/C=C\c1cc(C)[nH]n1. The lowest BCUT2D eigenvalue weighted by Crippen LogP contribution is -1.71. The first-order chi connectivity index (χ1) is 7.33. The molecule has 0 spiro atoms. The number of aromatic amines is 1. The number of hydrogen-bond acceptors (Lipinski definition) is 1. The molecule has 15 heavy (non-hydrogen) atoms. The standard InChI is InChI=1S/C13H18N2/c1-3-4-5-6-7-8-9-10-13-11-12(2)14-15-13/h9-11H,3-6H2,1-2H3,(H,14,15)/b10-9-. The molecule has 1 N–H and O–H groups in total. The largest absolute Gasteiger partial charge is 0.282 e. The van der Waals surface area contributed by atoms with Crippen LogP contribution in [0.2, 0.25) is 0 Å². The Kier molecular flexibility index (Phi) is 5.32. The predicted molar refractivity (Wildman–Crippen MR) is 64.3 cm³/mol. The quantitative estimate of drug-likeness (QED) is 0.589. The average molecular weight is 202 g/mol. The van der Waals surface area contributed by atoms with Crippen molar-refractivity contribution in [3.63, 3.8) is 0 Å². The summed E-state index contributed by atoms with van der Waals surface area (Å²) in [5.74, 6) is 6.14. The van der Waals surface area contributed by atoms with E-state index in [1.165, 1.54) is 19.3 Å². The Morgan fingerprint density at radius 3 is 3.00 bits per heavy atom. The molecule has 2 nitrogen and oxygen atoms in total. The summed E-state index contributed by atoms with van der Waals surface area (Å²) < 4.78 is 0. The fourth-order valence-corrected chi connectivity index (χ4v) is 1.25. The Labute approximate surface area is 91.8 Å². The van der Waals surface area contributed by atoms with Gasteiger partial charge < -0.3 is 0 Å². The molecule has 0 aliphatic rings. The van der Waals surface area contributed by atoms with Gasteiger partial charge in [-0.05, 0) is 31.6 Å². The summed E-state index contributed by atoms with van der Waals surface area (Å²) in [6.45, 7) is 4.19. The van der Waals surface area contributed by atoms with Crippen molar-refractivity contribution < 1.29 is 0 Å². The molecule has 0 saturated heterocycles. The van der Waals surface area contributed by atoms with Gasteiger partial charge in [-0.2, -0.15) is 5.10 Å². The molecule has 0 aliphatic heterocycles. The van der Waals surface area contributed by atoms with Crippen molar-refractivity contribution in [1.29, 1.82) is 0 Å². The molecule has 80 valence electrons. The van der Waals surface area contributed by atoms with Gasteiger partial charge in [0.25, 0.3) is 0 Å². The maximum absolute atomic E-state index is 4.08. The van der Waals surface area contributed by atoms with Gasteiger partial charge in [-0.1, -0.05) is 31.6 Å². The van der Waals surface area contributed by atoms with Crippen LogP contribution >= 0.6 is 0 Å². The molecule has 0 bridgehead atoms. The van der Waals surface area contributed by atoms with Crippen molar-refractivity contribution in [2.75, 3.05) is 0 Å². The molecular weight excluding hydrogens is 184 g/mol. The van der Waals surface area contributed by atoms with Crippen LogP contribution in [0.15, 0.2) is 12.1 Å². The van der Waals surface area contributed by atoms with E-state index < -0.39 is 0 Å². The lowest BCUT2D eigenvalue weighted by atomic mass is 10.2. The molecular formula is C13H18N2. The van der Waals surface area contributed by atoms with Gasteiger partial charge in [0.2, 0.25) is 0 Å². The molecule has 1 aromatic heterocycles. The zero-order chi connectivity index (χ0) is 10.9. The van der Waals surface area contributed by atoms with Gasteiger partial charge in [0.05, 0.1) is 5.69 Å². The Hall–Kier alpha value is -1.49. The first-order valence-electron chi connectivity index (χ1n) is 5.50. The number of hydrogen-bond donors (Lipinski definition) is 1. The average Bonchev–Trinajstić information content (AvgIpc) is 2.63. The molecule has 0 atom stereocenters. The highest BCUT2D eigenvalue weighted by molar-refractivity contribution is 5.48. The highest BCUT2D eigenvalue weighted by Crippen LogP contribution is 1.99. The number of allylic oxidation sites excluding steroid dienone is 1. The van der Waals surface area contributed by atoms with E-state index in [2.05, 4.69) is 29.0 Å². The van der Waals surface area contributed by atoms with Crippen LogP contribution in [0.5, 0.6) is 0 Å². The second kappa shape index (κ2) is 6.89. The number of rotatable bonds is 4. The second-order valence-corrected chi connectivity index (χ2v) is 3.59. The van der Waals surface area contributed by atoms with E-state index in [0.717, 1.165) is 17.8 Å². The van der Waals surface area contributed by atoms with Crippen molar-refractivity contribution in [2.45, 2.75) is 39.5 Å². The number of unbranched alkanes of at least 4 members (excludes halogenated alkanes) is 3. The van der Waals surface area contributed by atoms with Crippen molar-refractivity contribution in [1.82, 2.24) is 10.2 Å². The Morgan fingerprint density at radius 2 is 2.33 bits per heavy atom. The minimum atomic E-state index is 0.940. The molecule has 0 unspecified atom stereocenters. The molecule has 0 saturated carbocycles. The molecule has 1 heterocycles. The van der Waals surface area contributed by atoms with Crippen molar-refractivity contribution in [3.8, 4) is 11.8 Å². The van der Waals surface area contributed by atoms with Gasteiger partial charge >= 0.3 is 0 Å². The van der Waals surface area contributed by atoms with Crippen molar-refractivity contribution in [3.05, 3.63) is 23.5 Å². The Bertz CT molecular complexity index is 363. The molecule has 0 amide bonds. The zero-order valence-corrected chi connectivity index (χ0v) is 9.51. The molecule has 2 heteroatoms. The normalized spacial score (nSPS) is 10.3. The minimum Gasteiger partial charge on any atom is -0.282 e. The zero-order valence-electron chi connectivity index (χ0n) is 9.51. The van der Waals surface area contributed by atoms with Crippen LogP contribution in [0.4, 0.5) is 0 Å². The smallest absolute Gasteiger partial charge is 0.0857 e. The summed E-state index contributed by atoms with van der Waals surface area (Å²) in [5, 5.41) is 6.97. The van der Waals surface area contributed by atoms with Crippen LogP contribution in [-0.2, 0) is 0 Å². The van der Waals surface area contributed by atoms with E-state index in [4.69, 9.17) is 0 Å². The van der Waals surface area contributed by atoms with E-state index in [0.29, 0.717) is 0 Å². The van der Waals surface area contributed by atoms with Crippen molar-refractivity contribution >= 4 is 6.08 Å². The summed E-state index contributed by atoms with van der Waals surface area (Å²) in [4.78, 5) is 0. The first kappa shape index (κ1) is 11.6. The summed E-state index contributed by atoms with van der Waals surface area (Å²) in [7, 11) is 0. The Balaban J connectivity index is 2.26.